The van der Waals surface area contributed by atoms with E-state index in [0.717, 1.165) is 12.3 Å². The Morgan fingerprint density at radius 1 is 1.00 bits per heavy atom. The van der Waals surface area contributed by atoms with Crippen molar-refractivity contribution in [3.05, 3.63) is 6.92 Å². The minimum absolute atomic E-state index is 0. The maximum absolute atomic E-state index is 10.4. The third-order valence-corrected chi connectivity index (χ3v) is 2.56. The summed E-state index contributed by atoms with van der Waals surface area (Å²) in [6.07, 6.45) is 9.92. The van der Waals surface area contributed by atoms with E-state index in [1.807, 2.05) is 0 Å². The summed E-state index contributed by atoms with van der Waals surface area (Å²) in [5.74, 6) is 1.04. The summed E-state index contributed by atoms with van der Waals surface area (Å²) in [4.78, 5) is 7.06. The molecule has 0 bridgehead atoms. The summed E-state index contributed by atoms with van der Waals surface area (Å²) in [7, 11) is -2.51. The van der Waals surface area contributed by atoms with Crippen LogP contribution in [0.15, 0.2) is 0 Å². The Kier molecular flexibility index (Phi) is 18.8. The van der Waals surface area contributed by atoms with Crippen molar-refractivity contribution in [3.8, 4) is 0 Å². The Bertz CT molecular complexity index is 141. The quantitative estimate of drug-likeness (QED) is 0.552. The van der Waals surface area contributed by atoms with Crippen LogP contribution in [0.3, 0.4) is 0 Å². The fourth-order valence-electron chi connectivity index (χ4n) is 1.81. The first-order valence-electron chi connectivity index (χ1n) is 5.39. The van der Waals surface area contributed by atoms with Crippen molar-refractivity contribution in [2.75, 3.05) is 0 Å². The molecule has 0 aromatic heterocycles. The standard InChI is InChI=1S/C9H17.BF3O3.K/c1-2-6-9-7-4-3-5-8-9;2-5-1(6-3)7-4;/h9H,1-8H2;;/q-1;;+1. The van der Waals surface area contributed by atoms with Gasteiger partial charge in [0.2, 0.25) is 0 Å². The number of halogens is 3. The summed E-state index contributed by atoms with van der Waals surface area (Å²) in [5.41, 5.74) is 0. The van der Waals surface area contributed by atoms with Crippen molar-refractivity contribution < 1.29 is 79.5 Å². The van der Waals surface area contributed by atoms with Crippen LogP contribution >= 0.6 is 0 Å². The normalized spacial score (nSPS) is 15.5. The molecule has 8 heteroatoms. The molecule has 0 saturated heterocycles. The van der Waals surface area contributed by atoms with Crippen LogP contribution in [-0.4, -0.2) is 7.32 Å². The second kappa shape index (κ2) is 15.4. The van der Waals surface area contributed by atoms with E-state index < -0.39 is 7.32 Å². The third kappa shape index (κ3) is 12.2. The molecule has 96 valence electrons. The van der Waals surface area contributed by atoms with E-state index in [9.17, 15) is 13.6 Å². The van der Waals surface area contributed by atoms with Crippen LogP contribution in [0.25, 0.3) is 0 Å². The van der Waals surface area contributed by atoms with Gasteiger partial charge in [0.1, 0.15) is 0 Å². The SMILES string of the molecule is FOB(OF)OF.[CH2-]CCC1CCCCC1.[K+]. The summed E-state index contributed by atoms with van der Waals surface area (Å²) in [5, 5.41) is 0. The third-order valence-electron chi connectivity index (χ3n) is 2.56. The monoisotopic (exact) mass is 280 g/mol. The van der Waals surface area contributed by atoms with E-state index in [1.165, 1.54) is 38.5 Å². The van der Waals surface area contributed by atoms with E-state index in [-0.39, 0.29) is 51.4 Å². The predicted octanol–water partition coefficient (Wildman–Crippen LogP) is 0.860. The maximum atomic E-state index is 10.4. The molecule has 3 nitrogen and oxygen atoms in total. The van der Waals surface area contributed by atoms with E-state index in [0.29, 0.717) is 0 Å². The Morgan fingerprint density at radius 2 is 1.47 bits per heavy atom. The Morgan fingerprint density at radius 3 is 1.76 bits per heavy atom. The maximum Gasteiger partial charge on any atom is 1.00 e. The van der Waals surface area contributed by atoms with Gasteiger partial charge in [-0.05, 0) is 5.92 Å². The van der Waals surface area contributed by atoms with Gasteiger partial charge >= 0.3 is 58.7 Å². The predicted molar refractivity (Wildman–Crippen MR) is 53.5 cm³/mol. The van der Waals surface area contributed by atoms with E-state index in [4.69, 9.17) is 0 Å². The first-order valence-corrected chi connectivity index (χ1v) is 5.39. The van der Waals surface area contributed by atoms with Crippen molar-refractivity contribution in [1.29, 1.82) is 0 Å². The molecule has 0 aromatic rings. The molecular weight excluding hydrogens is 263 g/mol. The van der Waals surface area contributed by atoms with E-state index in [1.54, 1.807) is 0 Å². The van der Waals surface area contributed by atoms with Crippen LogP contribution in [-0.2, 0) is 14.6 Å². The van der Waals surface area contributed by atoms with Crippen molar-refractivity contribution in [3.63, 3.8) is 0 Å². The fraction of sp³-hybridized carbons (Fsp3) is 0.889. The largest absolute Gasteiger partial charge is 1.00 e. The molecule has 1 rings (SSSR count). The topological polar surface area (TPSA) is 27.7 Å². The van der Waals surface area contributed by atoms with Gasteiger partial charge in [-0.1, -0.05) is 52.1 Å². The second-order valence-electron chi connectivity index (χ2n) is 3.70. The molecule has 0 aliphatic heterocycles. The molecule has 0 N–H and O–H groups in total. The Labute approximate surface area is 143 Å². The van der Waals surface area contributed by atoms with Crippen LogP contribution in [0.4, 0.5) is 13.6 Å². The average molecular weight is 280 g/mol. The van der Waals surface area contributed by atoms with Crippen molar-refractivity contribution in [2.24, 2.45) is 5.92 Å². The van der Waals surface area contributed by atoms with Gasteiger partial charge in [0.15, 0.2) is 0 Å². The first kappa shape index (κ1) is 20.7. The number of rotatable bonds is 5. The minimum Gasteiger partial charge on any atom is -0.343 e. The molecule has 17 heavy (non-hydrogen) atoms. The van der Waals surface area contributed by atoms with E-state index >= 15 is 0 Å². The van der Waals surface area contributed by atoms with Crippen LogP contribution in [0.1, 0.15) is 44.9 Å². The average Bonchev–Trinajstić information content (AvgIpc) is 2.34. The molecule has 1 aliphatic carbocycles. The molecule has 0 atom stereocenters. The molecule has 0 heterocycles. The molecule has 0 radical (unpaired) electrons. The molecule has 1 saturated carbocycles. The van der Waals surface area contributed by atoms with Gasteiger partial charge < -0.3 is 6.92 Å². The smallest absolute Gasteiger partial charge is 0.343 e. The number of hydrogen-bond donors (Lipinski definition) is 0. The minimum atomic E-state index is -2.51. The molecule has 1 fully saturated rings. The molecule has 0 unspecified atom stereocenters. The second-order valence-corrected chi connectivity index (χ2v) is 3.70. The molecule has 0 spiro atoms. The van der Waals surface area contributed by atoms with Crippen LogP contribution in [0.5, 0.6) is 0 Å². The summed E-state index contributed by atoms with van der Waals surface area (Å²) in [6, 6.07) is 0. The summed E-state index contributed by atoms with van der Waals surface area (Å²) >= 11 is 0. The summed E-state index contributed by atoms with van der Waals surface area (Å²) in [6.45, 7) is 3.88. The molecule has 1 aliphatic rings. The van der Waals surface area contributed by atoms with E-state index in [2.05, 4.69) is 21.5 Å². The first-order chi connectivity index (χ1) is 7.78. The van der Waals surface area contributed by atoms with Gasteiger partial charge in [0.25, 0.3) is 0 Å². The van der Waals surface area contributed by atoms with Gasteiger partial charge in [-0.3, -0.25) is 0 Å². The zero-order valence-electron chi connectivity index (χ0n) is 10.2. The van der Waals surface area contributed by atoms with Crippen molar-refractivity contribution in [1.82, 2.24) is 0 Å². The van der Waals surface area contributed by atoms with Gasteiger partial charge in [-0.15, -0.1) is 0 Å². The molecular formula is C9H17BF3KO3. The van der Waals surface area contributed by atoms with Gasteiger partial charge in [-0.25, -0.2) is 0 Å². The van der Waals surface area contributed by atoms with Gasteiger partial charge in [0.05, 0.1) is 0 Å². The fourth-order valence-corrected chi connectivity index (χ4v) is 1.81. The van der Waals surface area contributed by atoms with Crippen LogP contribution in [0, 0.1) is 12.8 Å². The van der Waals surface area contributed by atoms with Gasteiger partial charge in [-0.2, -0.15) is 21.0 Å². The zero-order valence-corrected chi connectivity index (χ0v) is 13.3. The van der Waals surface area contributed by atoms with Crippen molar-refractivity contribution >= 4 is 7.32 Å². The molecule has 0 amide bonds. The van der Waals surface area contributed by atoms with Crippen LogP contribution in [0.2, 0.25) is 0 Å². The molecule has 0 aromatic carbocycles. The Balaban J connectivity index is 0. The Hall–Kier alpha value is 1.37. The number of hydrogen-bond acceptors (Lipinski definition) is 3. The zero-order chi connectivity index (χ0) is 12.2. The van der Waals surface area contributed by atoms with Gasteiger partial charge in [0, 0.05) is 0 Å². The summed E-state index contributed by atoms with van der Waals surface area (Å²) < 4.78 is 31.3. The van der Waals surface area contributed by atoms with Crippen molar-refractivity contribution in [2.45, 2.75) is 44.9 Å². The van der Waals surface area contributed by atoms with Crippen LogP contribution < -0.4 is 51.4 Å².